The fourth-order valence-electron chi connectivity index (χ4n) is 0.685. The van der Waals surface area contributed by atoms with Crippen LogP contribution in [0.4, 0.5) is 0 Å². The summed E-state index contributed by atoms with van der Waals surface area (Å²) in [4.78, 5) is 25.6. The van der Waals surface area contributed by atoms with Crippen molar-refractivity contribution in [2.45, 2.75) is 6.92 Å². The van der Waals surface area contributed by atoms with E-state index in [9.17, 15) is 9.59 Å². The number of aryl methyl sites for hydroxylation is 1. The van der Waals surface area contributed by atoms with Gasteiger partial charge in [0.2, 0.25) is 0 Å². The van der Waals surface area contributed by atoms with Gasteiger partial charge in [-0.1, -0.05) is 0 Å². The maximum atomic E-state index is 11.5. The van der Waals surface area contributed by atoms with Crippen molar-refractivity contribution in [3.8, 4) is 0 Å². The molecule has 0 unspecified atom stereocenters. The van der Waals surface area contributed by atoms with Crippen LogP contribution >= 0.6 is 0 Å². The fraction of sp³-hybridized carbons (Fsp3) is 0.286. The Kier molecular flexibility index (Phi) is 1.17. The summed E-state index contributed by atoms with van der Waals surface area (Å²) < 4.78 is 21.6. The van der Waals surface area contributed by atoms with Crippen LogP contribution in [0.5, 0.6) is 0 Å². The molecule has 0 bridgehead atoms. The van der Waals surface area contributed by atoms with Gasteiger partial charge in [-0.2, -0.15) is 0 Å². The fourth-order valence-corrected chi connectivity index (χ4v) is 0.685. The minimum absolute atomic E-state index is 0.0509. The van der Waals surface area contributed by atoms with Gasteiger partial charge in [-0.15, -0.1) is 0 Å². The van der Waals surface area contributed by atoms with Gasteiger partial charge in [0, 0.05) is 17.3 Å². The molecular weight excluding hydrogens is 160 g/mol. The molecule has 1 aromatic rings. The van der Waals surface area contributed by atoms with Gasteiger partial charge in [-0.3, -0.25) is 9.36 Å². The van der Waals surface area contributed by atoms with E-state index in [1.54, 1.807) is 0 Å². The summed E-state index contributed by atoms with van der Waals surface area (Å²) in [5.41, 5.74) is -1.73. The first-order valence-electron chi connectivity index (χ1n) is 4.57. The molecule has 1 N–H and O–H groups in total. The van der Waals surface area contributed by atoms with Crippen molar-refractivity contribution in [3.05, 3.63) is 27.9 Å². The van der Waals surface area contributed by atoms with Crippen LogP contribution in [-0.2, 0) is 6.98 Å². The molecule has 5 nitrogen and oxygen atoms in total. The Balaban J connectivity index is 3.59. The third kappa shape index (κ3) is 1.20. The van der Waals surface area contributed by atoms with Gasteiger partial charge < -0.3 is 5.11 Å². The van der Waals surface area contributed by atoms with E-state index in [-0.39, 0.29) is 5.82 Å². The Morgan fingerprint density at radius 3 is 3.00 bits per heavy atom. The van der Waals surface area contributed by atoms with E-state index in [1.165, 1.54) is 6.92 Å². The lowest BCUT2D eigenvalue weighted by atomic mass is 10.3. The zero-order valence-electron chi connectivity index (χ0n) is 9.24. The van der Waals surface area contributed by atoms with Crippen molar-refractivity contribution in [2.24, 2.45) is 6.98 Å². The molecule has 0 amide bonds. The number of aromatic carboxylic acids is 1. The molecule has 0 aliphatic rings. The number of carboxylic acid groups (broad SMARTS) is 1. The number of aromatic nitrogens is 2. The highest BCUT2D eigenvalue weighted by Crippen LogP contribution is 1.90. The van der Waals surface area contributed by atoms with E-state index >= 15 is 0 Å². The topological polar surface area (TPSA) is 72.2 Å². The second kappa shape index (κ2) is 2.77. The lowest BCUT2D eigenvalue weighted by Crippen LogP contribution is -2.26. The predicted octanol–water partition coefficient (Wildman–Crippen LogP) is -0.213. The summed E-state index contributed by atoms with van der Waals surface area (Å²) in [5, 5.41) is 8.61. The minimum atomic E-state index is -2.72. The lowest BCUT2D eigenvalue weighted by molar-refractivity contribution is 0.0693. The van der Waals surface area contributed by atoms with Crippen LogP contribution in [0.15, 0.2) is 11.0 Å². The molecule has 5 heteroatoms. The third-order valence-electron chi connectivity index (χ3n) is 1.37. The highest BCUT2D eigenvalue weighted by Gasteiger charge is 2.10. The van der Waals surface area contributed by atoms with E-state index in [0.29, 0.717) is 4.57 Å². The molecule has 0 aliphatic heterocycles. The molecule has 0 saturated heterocycles. The van der Waals surface area contributed by atoms with Crippen molar-refractivity contribution in [3.63, 3.8) is 0 Å². The largest absolute Gasteiger partial charge is 0.477 e. The zero-order chi connectivity index (χ0) is 11.8. The zero-order valence-corrected chi connectivity index (χ0v) is 6.24. The normalized spacial score (nSPS) is 14.6. The molecule has 64 valence electrons. The standard InChI is InChI=1S/C7H8N2O3/c1-4-8-3-5(7(11)12)6(10)9(4)2/h3H,1-2H3,(H,11,12)/i2D3. The average molecular weight is 171 g/mol. The Hall–Kier alpha value is -1.65. The smallest absolute Gasteiger partial charge is 0.342 e. The van der Waals surface area contributed by atoms with Gasteiger partial charge in [0.15, 0.2) is 0 Å². The average Bonchev–Trinajstić information content (AvgIpc) is 2.00. The van der Waals surface area contributed by atoms with Gasteiger partial charge in [0.25, 0.3) is 5.56 Å². The Morgan fingerprint density at radius 1 is 1.83 bits per heavy atom. The third-order valence-corrected chi connectivity index (χ3v) is 1.37. The van der Waals surface area contributed by atoms with Crippen molar-refractivity contribution < 1.29 is 14.0 Å². The van der Waals surface area contributed by atoms with Crippen LogP contribution in [0.2, 0.25) is 0 Å². The monoisotopic (exact) mass is 171 g/mol. The van der Waals surface area contributed by atoms with Crippen LogP contribution in [0.3, 0.4) is 0 Å². The number of nitrogens with zero attached hydrogens (tertiary/aromatic N) is 2. The van der Waals surface area contributed by atoms with E-state index in [1.807, 2.05) is 0 Å². The van der Waals surface area contributed by atoms with E-state index in [2.05, 4.69) is 4.98 Å². The number of rotatable bonds is 1. The molecule has 0 aromatic carbocycles. The molecule has 1 aromatic heterocycles. The van der Waals surface area contributed by atoms with Gasteiger partial charge in [-0.25, -0.2) is 9.78 Å². The van der Waals surface area contributed by atoms with E-state index < -0.39 is 24.1 Å². The second-order valence-electron chi connectivity index (χ2n) is 2.16. The quantitative estimate of drug-likeness (QED) is 0.634. The number of hydrogen-bond acceptors (Lipinski definition) is 3. The van der Waals surface area contributed by atoms with Gasteiger partial charge in [0.05, 0.1) is 0 Å². The van der Waals surface area contributed by atoms with Crippen LogP contribution in [0, 0.1) is 6.92 Å². The second-order valence-corrected chi connectivity index (χ2v) is 2.16. The first-order chi connectivity index (χ1) is 6.75. The molecule has 0 fully saturated rings. The molecule has 12 heavy (non-hydrogen) atoms. The summed E-state index contributed by atoms with van der Waals surface area (Å²) in [6, 6.07) is 0. The highest BCUT2D eigenvalue weighted by atomic mass is 16.4. The molecule has 0 spiro atoms. The maximum absolute atomic E-state index is 11.5. The Morgan fingerprint density at radius 2 is 2.50 bits per heavy atom. The van der Waals surface area contributed by atoms with E-state index in [4.69, 9.17) is 9.22 Å². The lowest BCUT2D eigenvalue weighted by Gasteiger charge is -2.01. The molecule has 0 aliphatic carbocycles. The summed E-state index contributed by atoms with van der Waals surface area (Å²) in [7, 11) is 0. The molecule has 0 atom stereocenters. The van der Waals surface area contributed by atoms with Crippen molar-refractivity contribution in [1.29, 1.82) is 0 Å². The first-order valence-corrected chi connectivity index (χ1v) is 3.07. The van der Waals surface area contributed by atoms with Crippen LogP contribution in [0.1, 0.15) is 20.3 Å². The SMILES string of the molecule is [2H]C([2H])([2H])n1c(C)ncc(C(=O)O)c1=O. The Bertz CT molecular complexity index is 464. The molecule has 0 saturated carbocycles. The predicted molar refractivity (Wildman–Crippen MR) is 41.2 cm³/mol. The number of carboxylic acids is 1. The van der Waals surface area contributed by atoms with Crippen molar-refractivity contribution in [1.82, 2.24) is 9.55 Å². The highest BCUT2D eigenvalue weighted by molar-refractivity contribution is 5.86. The van der Waals surface area contributed by atoms with Gasteiger partial charge >= 0.3 is 5.97 Å². The van der Waals surface area contributed by atoms with Crippen LogP contribution in [0.25, 0.3) is 0 Å². The summed E-state index contributed by atoms with van der Waals surface area (Å²) in [6.45, 7) is -1.40. The van der Waals surface area contributed by atoms with Crippen LogP contribution in [-0.4, -0.2) is 20.6 Å². The maximum Gasteiger partial charge on any atom is 0.342 e. The molecular formula is C7H8N2O3. The molecule has 0 radical (unpaired) electrons. The van der Waals surface area contributed by atoms with Crippen LogP contribution < -0.4 is 5.56 Å². The molecule has 1 rings (SSSR count). The van der Waals surface area contributed by atoms with Gasteiger partial charge in [0.1, 0.15) is 11.4 Å². The molecule has 1 heterocycles. The number of carbonyl (C=O) groups is 1. The number of hydrogen-bond donors (Lipinski definition) is 1. The summed E-state index contributed by atoms with van der Waals surface area (Å²) in [5.74, 6) is -1.55. The Labute approximate surface area is 72.5 Å². The summed E-state index contributed by atoms with van der Waals surface area (Å²) >= 11 is 0. The van der Waals surface area contributed by atoms with E-state index in [0.717, 1.165) is 6.20 Å². The van der Waals surface area contributed by atoms with Crippen molar-refractivity contribution >= 4 is 5.97 Å². The van der Waals surface area contributed by atoms with Gasteiger partial charge in [-0.05, 0) is 6.92 Å². The summed E-state index contributed by atoms with van der Waals surface area (Å²) in [6.07, 6.45) is 0.849. The minimum Gasteiger partial charge on any atom is -0.477 e. The first kappa shape index (κ1) is 5.08. The van der Waals surface area contributed by atoms with Crippen molar-refractivity contribution in [2.75, 3.05) is 0 Å².